The van der Waals surface area contributed by atoms with E-state index in [4.69, 9.17) is 4.74 Å². The molecule has 3 atom stereocenters. The fourth-order valence-electron chi connectivity index (χ4n) is 2.28. The highest BCUT2D eigenvalue weighted by Crippen LogP contribution is 2.35. The number of esters is 1. The van der Waals surface area contributed by atoms with Crippen molar-refractivity contribution in [3.05, 3.63) is 0 Å². The van der Waals surface area contributed by atoms with Gasteiger partial charge in [0.15, 0.2) is 11.9 Å². The molecule has 1 saturated heterocycles. The summed E-state index contributed by atoms with van der Waals surface area (Å²) in [7, 11) is 0. The van der Waals surface area contributed by atoms with E-state index in [0.29, 0.717) is 6.42 Å². The SMILES string of the molecule is CC1C(=O)OC2C(=O)CCCCC12. The lowest BCUT2D eigenvalue weighted by Gasteiger charge is -2.13. The fraction of sp³-hybridized carbons (Fsp3) is 0.800. The van der Waals surface area contributed by atoms with E-state index in [9.17, 15) is 9.59 Å². The molecule has 0 radical (unpaired) electrons. The average Bonchev–Trinajstić information content (AvgIpc) is 2.30. The summed E-state index contributed by atoms with van der Waals surface area (Å²) in [5, 5.41) is 0. The Morgan fingerprint density at radius 1 is 1.31 bits per heavy atom. The van der Waals surface area contributed by atoms with E-state index in [2.05, 4.69) is 0 Å². The molecule has 2 aliphatic rings. The lowest BCUT2D eigenvalue weighted by atomic mass is 9.88. The number of fused-ring (bicyclic) bond motifs is 1. The molecule has 0 aromatic rings. The zero-order chi connectivity index (χ0) is 9.42. The Hall–Kier alpha value is -0.860. The molecule has 1 saturated carbocycles. The van der Waals surface area contributed by atoms with E-state index >= 15 is 0 Å². The van der Waals surface area contributed by atoms with Gasteiger partial charge in [0.1, 0.15) is 0 Å². The van der Waals surface area contributed by atoms with E-state index in [1.807, 2.05) is 6.92 Å². The van der Waals surface area contributed by atoms with Crippen LogP contribution in [0.4, 0.5) is 0 Å². The molecule has 3 unspecified atom stereocenters. The van der Waals surface area contributed by atoms with Crippen LogP contribution in [0.1, 0.15) is 32.6 Å². The molecule has 0 spiro atoms. The summed E-state index contributed by atoms with van der Waals surface area (Å²) >= 11 is 0. The number of ether oxygens (including phenoxy) is 1. The van der Waals surface area contributed by atoms with E-state index in [1.165, 1.54) is 0 Å². The second-order valence-corrected chi connectivity index (χ2v) is 4.02. The van der Waals surface area contributed by atoms with Crippen LogP contribution in [0, 0.1) is 11.8 Å². The van der Waals surface area contributed by atoms with Crippen LogP contribution in [-0.4, -0.2) is 17.9 Å². The highest BCUT2D eigenvalue weighted by Gasteiger charge is 2.45. The number of ketones is 1. The monoisotopic (exact) mass is 182 g/mol. The molecule has 1 aliphatic carbocycles. The third kappa shape index (κ3) is 1.36. The lowest BCUT2D eigenvalue weighted by molar-refractivity contribution is -0.149. The van der Waals surface area contributed by atoms with Crippen molar-refractivity contribution in [2.75, 3.05) is 0 Å². The zero-order valence-corrected chi connectivity index (χ0v) is 7.79. The van der Waals surface area contributed by atoms with Gasteiger partial charge in [0.2, 0.25) is 0 Å². The van der Waals surface area contributed by atoms with Gasteiger partial charge in [-0.05, 0) is 12.8 Å². The first-order valence-corrected chi connectivity index (χ1v) is 4.93. The van der Waals surface area contributed by atoms with Crippen LogP contribution in [0.15, 0.2) is 0 Å². The molecule has 0 amide bonds. The summed E-state index contributed by atoms with van der Waals surface area (Å²) in [6.45, 7) is 1.87. The van der Waals surface area contributed by atoms with Crippen LogP contribution in [0.2, 0.25) is 0 Å². The van der Waals surface area contributed by atoms with E-state index in [0.717, 1.165) is 19.3 Å². The minimum atomic E-state index is -0.412. The van der Waals surface area contributed by atoms with E-state index < -0.39 is 6.10 Å². The van der Waals surface area contributed by atoms with Crippen molar-refractivity contribution in [1.82, 2.24) is 0 Å². The quantitative estimate of drug-likeness (QED) is 0.530. The van der Waals surface area contributed by atoms with Crippen LogP contribution in [-0.2, 0) is 14.3 Å². The van der Waals surface area contributed by atoms with Crippen molar-refractivity contribution >= 4 is 11.8 Å². The number of rotatable bonds is 0. The molecule has 13 heavy (non-hydrogen) atoms. The van der Waals surface area contributed by atoms with Crippen molar-refractivity contribution < 1.29 is 14.3 Å². The van der Waals surface area contributed by atoms with Crippen molar-refractivity contribution in [3.63, 3.8) is 0 Å². The predicted molar refractivity (Wildman–Crippen MR) is 46.0 cm³/mol. The molecular weight excluding hydrogens is 168 g/mol. The Labute approximate surface area is 77.4 Å². The number of hydrogen-bond donors (Lipinski definition) is 0. The summed E-state index contributed by atoms with van der Waals surface area (Å²) in [5.41, 5.74) is 0. The molecule has 1 heterocycles. The highest BCUT2D eigenvalue weighted by atomic mass is 16.6. The maximum absolute atomic E-state index is 11.5. The first kappa shape index (κ1) is 8.73. The molecular formula is C10H14O3. The van der Waals surface area contributed by atoms with Crippen LogP contribution in [0.25, 0.3) is 0 Å². The largest absolute Gasteiger partial charge is 0.454 e. The second kappa shape index (κ2) is 3.13. The Balaban J connectivity index is 2.20. The Bertz CT molecular complexity index is 247. The van der Waals surface area contributed by atoms with Gasteiger partial charge >= 0.3 is 5.97 Å². The molecule has 0 aromatic carbocycles. The van der Waals surface area contributed by atoms with Gasteiger partial charge in [-0.25, -0.2) is 0 Å². The third-order valence-electron chi connectivity index (χ3n) is 3.17. The summed E-state index contributed by atoms with van der Waals surface area (Å²) < 4.78 is 5.08. The molecule has 0 bridgehead atoms. The zero-order valence-electron chi connectivity index (χ0n) is 7.79. The third-order valence-corrected chi connectivity index (χ3v) is 3.17. The molecule has 1 aliphatic heterocycles. The van der Waals surface area contributed by atoms with Gasteiger partial charge in [0.05, 0.1) is 5.92 Å². The van der Waals surface area contributed by atoms with Gasteiger partial charge in [-0.3, -0.25) is 9.59 Å². The van der Waals surface area contributed by atoms with Gasteiger partial charge in [0.25, 0.3) is 0 Å². The molecule has 3 nitrogen and oxygen atoms in total. The van der Waals surface area contributed by atoms with Crippen molar-refractivity contribution in [2.45, 2.75) is 38.7 Å². The maximum atomic E-state index is 11.5. The van der Waals surface area contributed by atoms with Crippen LogP contribution in [0.3, 0.4) is 0 Å². The van der Waals surface area contributed by atoms with Crippen molar-refractivity contribution in [2.24, 2.45) is 11.8 Å². The van der Waals surface area contributed by atoms with Crippen LogP contribution < -0.4 is 0 Å². The normalized spacial score (nSPS) is 39.6. The van der Waals surface area contributed by atoms with E-state index in [1.54, 1.807) is 0 Å². The molecule has 2 rings (SSSR count). The summed E-state index contributed by atoms with van der Waals surface area (Å²) in [6.07, 6.45) is 3.14. The highest BCUT2D eigenvalue weighted by molar-refractivity contribution is 5.89. The Kier molecular flexibility index (Phi) is 2.10. The second-order valence-electron chi connectivity index (χ2n) is 4.02. The van der Waals surface area contributed by atoms with Gasteiger partial charge in [0, 0.05) is 12.3 Å². The summed E-state index contributed by atoms with van der Waals surface area (Å²) in [6, 6.07) is 0. The molecule has 72 valence electrons. The molecule has 0 N–H and O–H groups in total. The van der Waals surface area contributed by atoms with E-state index in [-0.39, 0.29) is 23.6 Å². The lowest BCUT2D eigenvalue weighted by Crippen LogP contribution is -2.26. The number of carbonyl (C=O) groups is 2. The first-order chi connectivity index (χ1) is 6.20. The number of Topliss-reactive ketones (excluding diaryl/α,β-unsaturated/α-hetero) is 1. The topological polar surface area (TPSA) is 43.4 Å². The molecule has 0 aromatic heterocycles. The number of hydrogen-bond acceptors (Lipinski definition) is 3. The maximum Gasteiger partial charge on any atom is 0.309 e. The minimum Gasteiger partial charge on any atom is -0.454 e. The van der Waals surface area contributed by atoms with Crippen LogP contribution in [0.5, 0.6) is 0 Å². The van der Waals surface area contributed by atoms with Gasteiger partial charge in [-0.2, -0.15) is 0 Å². The Morgan fingerprint density at radius 3 is 2.85 bits per heavy atom. The molecule has 3 heteroatoms. The van der Waals surface area contributed by atoms with Crippen molar-refractivity contribution in [3.8, 4) is 0 Å². The van der Waals surface area contributed by atoms with Gasteiger partial charge < -0.3 is 4.74 Å². The first-order valence-electron chi connectivity index (χ1n) is 4.93. The van der Waals surface area contributed by atoms with Gasteiger partial charge in [-0.1, -0.05) is 13.3 Å². The predicted octanol–water partition coefficient (Wildman–Crippen LogP) is 1.31. The van der Waals surface area contributed by atoms with Crippen LogP contribution >= 0.6 is 0 Å². The average molecular weight is 182 g/mol. The van der Waals surface area contributed by atoms with Gasteiger partial charge in [-0.15, -0.1) is 0 Å². The fourth-order valence-corrected chi connectivity index (χ4v) is 2.28. The standard InChI is InChI=1S/C10H14O3/c1-6-7-4-2-3-5-8(11)9(7)13-10(6)12/h6-7,9H,2-5H2,1H3. The summed E-state index contributed by atoms with van der Waals surface area (Å²) in [5.74, 6) is 0.0139. The van der Waals surface area contributed by atoms with Crippen molar-refractivity contribution in [1.29, 1.82) is 0 Å². The Morgan fingerprint density at radius 2 is 2.08 bits per heavy atom. The summed E-state index contributed by atoms with van der Waals surface area (Å²) in [4.78, 5) is 22.7. The molecule has 2 fully saturated rings. The smallest absolute Gasteiger partial charge is 0.309 e. The number of carbonyl (C=O) groups excluding carboxylic acids is 2. The minimum absolute atomic E-state index is 0.0768.